The normalized spacial score (nSPS) is 9.81. The fraction of sp³-hybridized carbons (Fsp3) is 0.0833. The molecule has 0 unspecified atom stereocenters. The summed E-state index contributed by atoms with van der Waals surface area (Å²) in [5.74, 6) is 1.28. The van der Waals surface area contributed by atoms with Crippen molar-refractivity contribution in [3.63, 3.8) is 0 Å². The maximum atomic E-state index is 5.54. The molecule has 82 valence electrons. The van der Waals surface area contributed by atoms with Crippen molar-refractivity contribution in [2.75, 3.05) is 18.1 Å². The summed E-state index contributed by atoms with van der Waals surface area (Å²) in [5, 5.41) is 3.04. The van der Waals surface area contributed by atoms with Crippen molar-refractivity contribution in [3.8, 4) is 11.6 Å². The van der Waals surface area contributed by atoms with Crippen molar-refractivity contribution in [1.29, 1.82) is 0 Å². The average Bonchev–Trinajstić information content (AvgIpc) is 2.33. The van der Waals surface area contributed by atoms with Gasteiger partial charge in [0.2, 0.25) is 5.88 Å². The van der Waals surface area contributed by atoms with Crippen molar-refractivity contribution in [2.45, 2.75) is 0 Å². The number of aromatic nitrogens is 1. The molecule has 16 heavy (non-hydrogen) atoms. The third-order valence-corrected chi connectivity index (χ3v) is 2.12. The van der Waals surface area contributed by atoms with Gasteiger partial charge in [0.15, 0.2) is 0 Å². The van der Waals surface area contributed by atoms with E-state index < -0.39 is 0 Å². The number of hydrogen-bond donors (Lipinski definition) is 2. The molecule has 0 radical (unpaired) electrons. The van der Waals surface area contributed by atoms with Crippen molar-refractivity contribution < 1.29 is 4.74 Å². The van der Waals surface area contributed by atoms with E-state index in [0.29, 0.717) is 11.6 Å². The first-order valence-corrected chi connectivity index (χ1v) is 4.95. The van der Waals surface area contributed by atoms with Crippen LogP contribution in [0.2, 0.25) is 0 Å². The lowest BCUT2D eigenvalue weighted by Gasteiger charge is -2.05. The number of ether oxygens (including phenoxy) is 1. The molecule has 1 aromatic carbocycles. The molecule has 0 bridgehead atoms. The number of nitrogens with one attached hydrogen (secondary N) is 1. The Morgan fingerprint density at radius 1 is 1.12 bits per heavy atom. The van der Waals surface area contributed by atoms with Crippen LogP contribution >= 0.6 is 0 Å². The first-order chi connectivity index (χ1) is 7.78. The van der Waals surface area contributed by atoms with Crippen LogP contribution in [0.1, 0.15) is 0 Å². The van der Waals surface area contributed by atoms with Gasteiger partial charge in [-0.05, 0) is 30.3 Å². The second kappa shape index (κ2) is 4.53. The third kappa shape index (κ3) is 2.42. The van der Waals surface area contributed by atoms with Gasteiger partial charge in [0.25, 0.3) is 0 Å². The number of nitrogen functional groups attached to an aromatic ring is 1. The van der Waals surface area contributed by atoms with Crippen LogP contribution in [0.4, 0.5) is 11.4 Å². The predicted octanol–water partition coefficient (Wildman–Crippen LogP) is 2.50. The highest BCUT2D eigenvalue weighted by atomic mass is 16.5. The Labute approximate surface area is 94.1 Å². The standard InChI is InChI=1S/C12H13N3O/c1-14-10-3-5-11(6-4-10)16-12-7-2-9(13)8-15-12/h2-8,14H,13H2,1H3. The molecular weight excluding hydrogens is 202 g/mol. The van der Waals surface area contributed by atoms with Crippen molar-refractivity contribution in [1.82, 2.24) is 4.98 Å². The van der Waals surface area contributed by atoms with Gasteiger partial charge < -0.3 is 15.8 Å². The van der Waals surface area contributed by atoms with Crippen molar-refractivity contribution in [3.05, 3.63) is 42.6 Å². The molecule has 1 heterocycles. The van der Waals surface area contributed by atoms with Gasteiger partial charge >= 0.3 is 0 Å². The van der Waals surface area contributed by atoms with Gasteiger partial charge in [-0.2, -0.15) is 0 Å². The number of pyridine rings is 1. The molecule has 0 saturated carbocycles. The first-order valence-electron chi connectivity index (χ1n) is 4.95. The van der Waals surface area contributed by atoms with Gasteiger partial charge in [-0.3, -0.25) is 0 Å². The monoisotopic (exact) mass is 215 g/mol. The number of nitrogens with zero attached hydrogens (tertiary/aromatic N) is 1. The summed E-state index contributed by atoms with van der Waals surface area (Å²) in [6, 6.07) is 11.1. The van der Waals surface area contributed by atoms with E-state index in [0.717, 1.165) is 11.4 Å². The lowest BCUT2D eigenvalue weighted by Crippen LogP contribution is -1.91. The quantitative estimate of drug-likeness (QED) is 0.825. The molecule has 2 aromatic rings. The van der Waals surface area contributed by atoms with Crippen LogP contribution in [0.15, 0.2) is 42.6 Å². The Morgan fingerprint density at radius 2 is 1.88 bits per heavy atom. The first kappa shape index (κ1) is 10.3. The number of rotatable bonds is 3. The Bertz CT molecular complexity index is 451. The van der Waals surface area contributed by atoms with E-state index in [9.17, 15) is 0 Å². The summed E-state index contributed by atoms with van der Waals surface area (Å²) >= 11 is 0. The highest BCUT2D eigenvalue weighted by Gasteiger charge is 1.98. The maximum absolute atomic E-state index is 5.54. The van der Waals surface area contributed by atoms with E-state index in [2.05, 4.69) is 10.3 Å². The molecule has 0 aliphatic carbocycles. The Hall–Kier alpha value is -2.23. The summed E-state index contributed by atoms with van der Waals surface area (Å²) < 4.78 is 5.54. The topological polar surface area (TPSA) is 60.2 Å². The van der Waals surface area contributed by atoms with Crippen LogP contribution in [0.5, 0.6) is 11.6 Å². The minimum absolute atomic E-state index is 0.534. The maximum Gasteiger partial charge on any atom is 0.219 e. The molecule has 0 amide bonds. The molecule has 0 aliphatic rings. The molecule has 0 spiro atoms. The lowest BCUT2D eigenvalue weighted by molar-refractivity contribution is 0.463. The van der Waals surface area contributed by atoms with E-state index in [4.69, 9.17) is 10.5 Å². The van der Waals surface area contributed by atoms with E-state index in [-0.39, 0.29) is 0 Å². The summed E-state index contributed by atoms with van der Waals surface area (Å²) in [7, 11) is 1.87. The zero-order valence-corrected chi connectivity index (χ0v) is 8.97. The van der Waals surface area contributed by atoms with E-state index in [1.165, 1.54) is 0 Å². The molecule has 4 heteroatoms. The summed E-state index contributed by atoms with van der Waals surface area (Å²) in [6.45, 7) is 0. The van der Waals surface area contributed by atoms with E-state index in [1.807, 2.05) is 31.3 Å². The van der Waals surface area contributed by atoms with Crippen LogP contribution < -0.4 is 15.8 Å². The summed E-state index contributed by atoms with van der Waals surface area (Å²) in [4.78, 5) is 4.05. The SMILES string of the molecule is CNc1ccc(Oc2ccc(N)cn2)cc1. The summed E-state index contributed by atoms with van der Waals surface area (Å²) in [6.07, 6.45) is 1.57. The zero-order valence-electron chi connectivity index (χ0n) is 8.97. The van der Waals surface area contributed by atoms with Crippen LogP contribution in [0.3, 0.4) is 0 Å². The van der Waals surface area contributed by atoms with Gasteiger partial charge in [0.1, 0.15) is 5.75 Å². The highest BCUT2D eigenvalue weighted by Crippen LogP contribution is 2.21. The van der Waals surface area contributed by atoms with Crippen molar-refractivity contribution >= 4 is 11.4 Å². The number of anilines is 2. The summed E-state index contributed by atoms with van der Waals surface area (Å²) in [5.41, 5.74) is 7.19. The van der Waals surface area contributed by atoms with Gasteiger partial charge in [0, 0.05) is 18.8 Å². The average molecular weight is 215 g/mol. The van der Waals surface area contributed by atoms with Gasteiger partial charge in [-0.25, -0.2) is 4.98 Å². The van der Waals surface area contributed by atoms with Crippen molar-refractivity contribution in [2.24, 2.45) is 0 Å². The fourth-order valence-electron chi connectivity index (χ4n) is 1.26. The Kier molecular flexibility index (Phi) is 2.91. The molecule has 1 aromatic heterocycles. The molecule has 0 saturated heterocycles. The fourth-order valence-corrected chi connectivity index (χ4v) is 1.26. The number of nitrogens with two attached hydrogens (primary N) is 1. The number of benzene rings is 1. The third-order valence-electron chi connectivity index (χ3n) is 2.12. The van der Waals surface area contributed by atoms with E-state index in [1.54, 1.807) is 18.3 Å². The van der Waals surface area contributed by atoms with Crippen LogP contribution in [-0.4, -0.2) is 12.0 Å². The largest absolute Gasteiger partial charge is 0.439 e. The molecular formula is C12H13N3O. The number of hydrogen-bond acceptors (Lipinski definition) is 4. The molecule has 3 N–H and O–H groups in total. The van der Waals surface area contributed by atoms with Crippen LogP contribution in [0.25, 0.3) is 0 Å². The molecule has 0 fully saturated rings. The predicted molar refractivity (Wildman–Crippen MR) is 64.7 cm³/mol. The lowest BCUT2D eigenvalue weighted by atomic mass is 10.3. The zero-order chi connectivity index (χ0) is 11.4. The second-order valence-corrected chi connectivity index (χ2v) is 3.31. The van der Waals surface area contributed by atoms with E-state index >= 15 is 0 Å². The Morgan fingerprint density at radius 3 is 2.44 bits per heavy atom. The van der Waals surface area contributed by atoms with Gasteiger partial charge in [-0.15, -0.1) is 0 Å². The van der Waals surface area contributed by atoms with Gasteiger partial charge in [-0.1, -0.05) is 0 Å². The van der Waals surface area contributed by atoms with Gasteiger partial charge in [0.05, 0.1) is 11.9 Å². The Balaban J connectivity index is 2.11. The minimum atomic E-state index is 0.534. The molecule has 0 aliphatic heterocycles. The molecule has 2 rings (SSSR count). The van der Waals surface area contributed by atoms with Crippen LogP contribution in [0, 0.1) is 0 Å². The highest BCUT2D eigenvalue weighted by molar-refractivity contribution is 5.46. The molecule has 0 atom stereocenters. The smallest absolute Gasteiger partial charge is 0.219 e. The molecule has 4 nitrogen and oxygen atoms in total. The van der Waals surface area contributed by atoms with Crippen LogP contribution in [-0.2, 0) is 0 Å². The second-order valence-electron chi connectivity index (χ2n) is 3.31. The minimum Gasteiger partial charge on any atom is -0.439 e.